The predicted molar refractivity (Wildman–Crippen MR) is 62.4 cm³/mol. The fraction of sp³-hybridized carbons (Fsp3) is 0.364. The van der Waals surface area contributed by atoms with Crippen LogP contribution in [-0.4, -0.2) is 29.9 Å². The molecule has 0 spiro atoms. The van der Waals surface area contributed by atoms with Crippen molar-refractivity contribution in [1.82, 2.24) is 4.90 Å². The number of carbonyl (C=O) groups excluding carboxylic acids is 1. The molecular weight excluding hydrogens is 256 g/mol. The molecule has 1 heterocycles. The molecule has 0 atom stereocenters. The van der Waals surface area contributed by atoms with Gasteiger partial charge in [0, 0.05) is 23.6 Å². The SMILES string of the molecule is NC1CN(C(=O)Cc2ccc(Br)cc2)C1. The number of benzene rings is 1. The van der Waals surface area contributed by atoms with Gasteiger partial charge in [-0.15, -0.1) is 0 Å². The first kappa shape index (κ1) is 10.6. The summed E-state index contributed by atoms with van der Waals surface area (Å²) in [4.78, 5) is 13.5. The smallest absolute Gasteiger partial charge is 0.227 e. The lowest BCUT2D eigenvalue weighted by Crippen LogP contribution is -2.58. The number of nitrogens with zero attached hydrogens (tertiary/aromatic N) is 1. The first-order valence-corrected chi connectivity index (χ1v) is 5.72. The van der Waals surface area contributed by atoms with Crippen molar-refractivity contribution in [1.29, 1.82) is 0 Å². The van der Waals surface area contributed by atoms with Crippen LogP contribution in [0.4, 0.5) is 0 Å². The second-order valence-corrected chi connectivity index (χ2v) is 4.78. The lowest BCUT2D eigenvalue weighted by molar-refractivity contribution is -0.134. The number of likely N-dealkylation sites (tertiary alicyclic amines) is 1. The van der Waals surface area contributed by atoms with Crippen LogP contribution in [-0.2, 0) is 11.2 Å². The average Bonchev–Trinajstić information content (AvgIpc) is 2.17. The normalized spacial score (nSPS) is 16.3. The van der Waals surface area contributed by atoms with Crippen molar-refractivity contribution in [3.8, 4) is 0 Å². The van der Waals surface area contributed by atoms with Gasteiger partial charge in [-0.2, -0.15) is 0 Å². The maximum atomic E-state index is 11.7. The van der Waals surface area contributed by atoms with Crippen molar-refractivity contribution < 1.29 is 4.79 Å². The van der Waals surface area contributed by atoms with Gasteiger partial charge in [0.05, 0.1) is 6.42 Å². The Labute approximate surface area is 97.4 Å². The molecule has 0 bridgehead atoms. The third-order valence-electron chi connectivity index (χ3n) is 2.53. The van der Waals surface area contributed by atoms with E-state index >= 15 is 0 Å². The van der Waals surface area contributed by atoms with E-state index < -0.39 is 0 Å². The van der Waals surface area contributed by atoms with Crippen LogP contribution in [0.2, 0.25) is 0 Å². The van der Waals surface area contributed by atoms with E-state index in [1.807, 2.05) is 24.3 Å². The minimum absolute atomic E-state index is 0.166. The average molecular weight is 269 g/mol. The highest BCUT2D eigenvalue weighted by molar-refractivity contribution is 9.10. The summed E-state index contributed by atoms with van der Waals surface area (Å²) < 4.78 is 1.03. The molecule has 0 aliphatic carbocycles. The van der Waals surface area contributed by atoms with Gasteiger partial charge in [-0.3, -0.25) is 4.79 Å². The van der Waals surface area contributed by atoms with Crippen molar-refractivity contribution in [3.05, 3.63) is 34.3 Å². The molecule has 4 heteroatoms. The predicted octanol–water partition coefficient (Wildman–Crippen LogP) is 1.16. The Morgan fingerprint density at radius 3 is 2.53 bits per heavy atom. The van der Waals surface area contributed by atoms with Crippen molar-refractivity contribution in [3.63, 3.8) is 0 Å². The number of amides is 1. The van der Waals surface area contributed by atoms with E-state index in [-0.39, 0.29) is 11.9 Å². The molecule has 2 N–H and O–H groups in total. The fourth-order valence-corrected chi connectivity index (χ4v) is 1.87. The molecule has 1 aliphatic rings. The van der Waals surface area contributed by atoms with Crippen LogP contribution in [0.25, 0.3) is 0 Å². The molecule has 1 amide bonds. The summed E-state index contributed by atoms with van der Waals surface area (Å²) in [6, 6.07) is 8.00. The second kappa shape index (κ2) is 4.33. The van der Waals surface area contributed by atoms with Gasteiger partial charge in [0.2, 0.25) is 5.91 Å². The minimum atomic E-state index is 0.166. The van der Waals surface area contributed by atoms with E-state index in [4.69, 9.17) is 5.73 Å². The summed E-state index contributed by atoms with van der Waals surface area (Å²) in [7, 11) is 0. The topological polar surface area (TPSA) is 46.3 Å². The van der Waals surface area contributed by atoms with Crippen LogP contribution >= 0.6 is 15.9 Å². The van der Waals surface area contributed by atoms with Crippen LogP contribution in [0.15, 0.2) is 28.7 Å². The van der Waals surface area contributed by atoms with Crippen molar-refractivity contribution in [2.24, 2.45) is 5.73 Å². The number of carbonyl (C=O) groups is 1. The Bertz CT molecular complexity index is 357. The molecule has 0 unspecified atom stereocenters. The molecule has 15 heavy (non-hydrogen) atoms. The Kier molecular flexibility index (Phi) is 3.07. The highest BCUT2D eigenvalue weighted by atomic mass is 79.9. The molecule has 1 aromatic carbocycles. The van der Waals surface area contributed by atoms with Crippen molar-refractivity contribution >= 4 is 21.8 Å². The summed E-state index contributed by atoms with van der Waals surface area (Å²) in [5.41, 5.74) is 6.66. The molecule has 0 aromatic heterocycles. The van der Waals surface area contributed by atoms with Gasteiger partial charge in [0.15, 0.2) is 0 Å². The summed E-state index contributed by atoms with van der Waals surface area (Å²) in [5, 5.41) is 0. The van der Waals surface area contributed by atoms with Gasteiger partial charge in [-0.1, -0.05) is 28.1 Å². The Morgan fingerprint density at radius 1 is 1.40 bits per heavy atom. The van der Waals surface area contributed by atoms with Gasteiger partial charge in [0.1, 0.15) is 0 Å². The third kappa shape index (κ3) is 2.58. The van der Waals surface area contributed by atoms with E-state index in [2.05, 4.69) is 15.9 Å². The number of hydrogen-bond acceptors (Lipinski definition) is 2. The third-order valence-corrected chi connectivity index (χ3v) is 3.06. The summed E-state index contributed by atoms with van der Waals surface area (Å²) in [6.07, 6.45) is 0.472. The molecule has 1 aliphatic heterocycles. The maximum absolute atomic E-state index is 11.7. The molecule has 1 fully saturated rings. The monoisotopic (exact) mass is 268 g/mol. The second-order valence-electron chi connectivity index (χ2n) is 3.86. The zero-order valence-electron chi connectivity index (χ0n) is 8.32. The summed E-state index contributed by atoms with van der Waals surface area (Å²) >= 11 is 3.36. The largest absolute Gasteiger partial charge is 0.339 e. The van der Waals surface area contributed by atoms with Crippen LogP contribution < -0.4 is 5.73 Å². The number of halogens is 1. The zero-order valence-corrected chi connectivity index (χ0v) is 9.90. The van der Waals surface area contributed by atoms with Crippen LogP contribution in [0.5, 0.6) is 0 Å². The van der Waals surface area contributed by atoms with Crippen molar-refractivity contribution in [2.75, 3.05) is 13.1 Å². The standard InChI is InChI=1S/C11H13BrN2O/c12-9-3-1-8(2-4-9)5-11(15)14-6-10(13)7-14/h1-4,10H,5-7,13H2. The van der Waals surface area contributed by atoms with Crippen molar-refractivity contribution in [2.45, 2.75) is 12.5 Å². The molecule has 1 aromatic rings. The molecular formula is C11H13BrN2O. The lowest BCUT2D eigenvalue weighted by atomic mass is 10.1. The van der Waals surface area contributed by atoms with Gasteiger partial charge in [-0.05, 0) is 17.7 Å². The lowest BCUT2D eigenvalue weighted by Gasteiger charge is -2.36. The maximum Gasteiger partial charge on any atom is 0.227 e. The van der Waals surface area contributed by atoms with E-state index in [1.165, 1.54) is 0 Å². The molecule has 3 nitrogen and oxygen atoms in total. The van der Waals surface area contributed by atoms with Gasteiger partial charge < -0.3 is 10.6 Å². The van der Waals surface area contributed by atoms with Gasteiger partial charge >= 0.3 is 0 Å². The molecule has 0 radical (unpaired) electrons. The molecule has 0 saturated carbocycles. The minimum Gasteiger partial charge on any atom is -0.339 e. The molecule has 1 saturated heterocycles. The summed E-state index contributed by atoms with van der Waals surface area (Å²) in [5.74, 6) is 0.166. The van der Waals surface area contributed by atoms with Gasteiger partial charge in [0.25, 0.3) is 0 Å². The fourth-order valence-electron chi connectivity index (χ4n) is 1.60. The van der Waals surface area contributed by atoms with Crippen LogP contribution in [0.1, 0.15) is 5.56 Å². The van der Waals surface area contributed by atoms with Gasteiger partial charge in [-0.25, -0.2) is 0 Å². The quantitative estimate of drug-likeness (QED) is 0.875. The first-order chi connectivity index (χ1) is 7.15. The Morgan fingerprint density at radius 2 is 2.00 bits per heavy atom. The van der Waals surface area contributed by atoms with E-state index in [0.717, 1.165) is 10.0 Å². The Hall–Kier alpha value is -0.870. The van der Waals surface area contributed by atoms with E-state index in [9.17, 15) is 4.79 Å². The highest BCUT2D eigenvalue weighted by Crippen LogP contribution is 2.13. The van der Waals surface area contributed by atoms with E-state index in [0.29, 0.717) is 19.5 Å². The highest BCUT2D eigenvalue weighted by Gasteiger charge is 2.27. The summed E-state index contributed by atoms with van der Waals surface area (Å²) in [6.45, 7) is 1.41. The first-order valence-electron chi connectivity index (χ1n) is 4.93. The number of rotatable bonds is 2. The van der Waals surface area contributed by atoms with Crippen LogP contribution in [0, 0.1) is 0 Å². The van der Waals surface area contributed by atoms with E-state index in [1.54, 1.807) is 4.90 Å². The zero-order chi connectivity index (χ0) is 10.8. The number of hydrogen-bond donors (Lipinski definition) is 1. The van der Waals surface area contributed by atoms with Crippen LogP contribution in [0.3, 0.4) is 0 Å². The molecule has 2 rings (SSSR count). The Balaban J connectivity index is 1.91. The number of nitrogens with two attached hydrogens (primary N) is 1. The molecule has 80 valence electrons.